The van der Waals surface area contributed by atoms with Gasteiger partial charge < -0.3 is 15.5 Å². The van der Waals surface area contributed by atoms with Crippen LogP contribution in [0, 0.1) is 5.92 Å². The third-order valence-electron chi connectivity index (χ3n) is 4.63. The summed E-state index contributed by atoms with van der Waals surface area (Å²) in [5.74, 6) is 1.66. The molecular formula is C18H29N5. The maximum Gasteiger partial charge on any atom is 0.191 e. The number of rotatable bonds is 7. The van der Waals surface area contributed by atoms with Crippen LogP contribution < -0.4 is 10.6 Å². The molecule has 1 saturated heterocycles. The first kappa shape index (κ1) is 16.2. The quantitative estimate of drug-likeness (QED) is 0.593. The molecule has 0 radical (unpaired) electrons. The zero-order valence-corrected chi connectivity index (χ0v) is 14.2. The van der Waals surface area contributed by atoms with Gasteiger partial charge in [-0.15, -0.1) is 0 Å². The molecule has 1 aromatic heterocycles. The molecule has 1 atom stereocenters. The summed E-state index contributed by atoms with van der Waals surface area (Å²) in [5.41, 5.74) is 1.12. The van der Waals surface area contributed by atoms with E-state index in [2.05, 4.69) is 33.5 Å². The standard InChI is InChI=1S/C18H29N5/c1-2-19-18(21-11-8-16-5-3-4-10-20-16)22-13-15-9-12-23(14-15)17-6-7-17/h3-5,10,15,17H,2,6-9,11-14H2,1H3,(H2,19,21,22). The van der Waals surface area contributed by atoms with Crippen molar-refractivity contribution in [3.8, 4) is 0 Å². The average Bonchev–Trinajstić information content (AvgIpc) is 3.32. The fourth-order valence-electron chi connectivity index (χ4n) is 3.20. The molecule has 1 unspecified atom stereocenters. The zero-order valence-electron chi connectivity index (χ0n) is 14.2. The summed E-state index contributed by atoms with van der Waals surface area (Å²) in [6.07, 6.45) is 6.89. The Hall–Kier alpha value is -1.62. The Labute approximate surface area is 139 Å². The summed E-state index contributed by atoms with van der Waals surface area (Å²) in [4.78, 5) is 11.8. The molecule has 3 rings (SSSR count). The Bertz CT molecular complexity index is 497. The molecule has 2 heterocycles. The molecular weight excluding hydrogens is 286 g/mol. The fraction of sp³-hybridized carbons (Fsp3) is 0.667. The second kappa shape index (κ2) is 8.29. The van der Waals surface area contributed by atoms with Gasteiger partial charge in [0.05, 0.1) is 0 Å². The lowest BCUT2D eigenvalue weighted by atomic mass is 10.1. The first-order valence-electron chi connectivity index (χ1n) is 9.01. The van der Waals surface area contributed by atoms with Crippen molar-refractivity contribution in [3.63, 3.8) is 0 Å². The van der Waals surface area contributed by atoms with Crippen LogP contribution in [0.15, 0.2) is 29.4 Å². The molecule has 1 aromatic rings. The van der Waals surface area contributed by atoms with Gasteiger partial charge in [0.25, 0.3) is 0 Å². The van der Waals surface area contributed by atoms with Crippen LogP contribution >= 0.6 is 0 Å². The second-order valence-electron chi connectivity index (χ2n) is 6.60. The number of aliphatic imine (C=N–C) groups is 1. The molecule has 1 aliphatic heterocycles. The van der Waals surface area contributed by atoms with Gasteiger partial charge in [0, 0.05) is 50.5 Å². The Kier molecular flexibility index (Phi) is 5.86. The Morgan fingerprint density at radius 3 is 2.96 bits per heavy atom. The summed E-state index contributed by atoms with van der Waals surface area (Å²) >= 11 is 0. The van der Waals surface area contributed by atoms with E-state index in [9.17, 15) is 0 Å². The van der Waals surface area contributed by atoms with E-state index in [1.165, 1.54) is 32.4 Å². The van der Waals surface area contributed by atoms with Crippen molar-refractivity contribution < 1.29 is 0 Å². The third kappa shape index (κ3) is 5.20. The topological polar surface area (TPSA) is 52.6 Å². The minimum absolute atomic E-state index is 0.724. The van der Waals surface area contributed by atoms with Crippen LogP contribution in [-0.2, 0) is 6.42 Å². The highest BCUT2D eigenvalue weighted by molar-refractivity contribution is 5.79. The minimum Gasteiger partial charge on any atom is -0.357 e. The lowest BCUT2D eigenvalue weighted by Gasteiger charge is -2.15. The van der Waals surface area contributed by atoms with Gasteiger partial charge >= 0.3 is 0 Å². The molecule has 5 heteroatoms. The van der Waals surface area contributed by atoms with Gasteiger partial charge in [0.2, 0.25) is 0 Å². The lowest BCUT2D eigenvalue weighted by Crippen LogP contribution is -2.38. The maximum atomic E-state index is 4.79. The van der Waals surface area contributed by atoms with Gasteiger partial charge in [0.15, 0.2) is 5.96 Å². The van der Waals surface area contributed by atoms with Gasteiger partial charge in [-0.1, -0.05) is 6.07 Å². The van der Waals surface area contributed by atoms with E-state index in [0.717, 1.165) is 49.7 Å². The molecule has 1 saturated carbocycles. The highest BCUT2D eigenvalue weighted by atomic mass is 15.2. The monoisotopic (exact) mass is 315 g/mol. The molecule has 0 spiro atoms. The van der Waals surface area contributed by atoms with Gasteiger partial charge in [-0.2, -0.15) is 0 Å². The summed E-state index contributed by atoms with van der Waals surface area (Å²) < 4.78 is 0. The zero-order chi connectivity index (χ0) is 15.9. The summed E-state index contributed by atoms with van der Waals surface area (Å²) in [7, 11) is 0. The van der Waals surface area contributed by atoms with Crippen molar-refractivity contribution >= 4 is 5.96 Å². The Morgan fingerprint density at radius 2 is 2.22 bits per heavy atom. The predicted octanol–water partition coefficient (Wildman–Crippen LogP) is 1.66. The van der Waals surface area contributed by atoms with Crippen LogP contribution in [0.3, 0.4) is 0 Å². The number of likely N-dealkylation sites (tertiary alicyclic amines) is 1. The normalized spacial score (nSPS) is 22.3. The third-order valence-corrected chi connectivity index (χ3v) is 4.63. The molecule has 2 N–H and O–H groups in total. The average molecular weight is 315 g/mol. The number of aromatic nitrogens is 1. The van der Waals surface area contributed by atoms with Crippen molar-refractivity contribution in [1.29, 1.82) is 0 Å². The van der Waals surface area contributed by atoms with Crippen molar-refractivity contribution in [2.24, 2.45) is 10.9 Å². The predicted molar refractivity (Wildman–Crippen MR) is 94.6 cm³/mol. The van der Waals surface area contributed by atoms with E-state index < -0.39 is 0 Å². The van der Waals surface area contributed by atoms with E-state index in [0.29, 0.717) is 0 Å². The summed E-state index contributed by atoms with van der Waals surface area (Å²) in [6, 6.07) is 6.95. The lowest BCUT2D eigenvalue weighted by molar-refractivity contribution is 0.315. The van der Waals surface area contributed by atoms with Gasteiger partial charge in [-0.25, -0.2) is 0 Å². The van der Waals surface area contributed by atoms with Crippen LogP contribution in [-0.4, -0.2) is 54.6 Å². The van der Waals surface area contributed by atoms with Crippen molar-refractivity contribution in [2.45, 2.75) is 38.6 Å². The SMILES string of the molecule is CCNC(=NCC1CCN(C2CC2)C1)NCCc1ccccn1. The van der Waals surface area contributed by atoms with Gasteiger partial charge in [-0.3, -0.25) is 9.98 Å². The second-order valence-corrected chi connectivity index (χ2v) is 6.60. The maximum absolute atomic E-state index is 4.79. The fourth-order valence-corrected chi connectivity index (χ4v) is 3.20. The van der Waals surface area contributed by atoms with E-state index >= 15 is 0 Å². The highest BCUT2D eigenvalue weighted by Gasteiger charge is 2.34. The van der Waals surface area contributed by atoms with Crippen LogP contribution in [0.25, 0.3) is 0 Å². The van der Waals surface area contributed by atoms with Gasteiger partial charge in [0.1, 0.15) is 0 Å². The van der Waals surface area contributed by atoms with E-state index in [4.69, 9.17) is 4.99 Å². The van der Waals surface area contributed by atoms with E-state index in [1.54, 1.807) is 0 Å². The smallest absolute Gasteiger partial charge is 0.191 e. The van der Waals surface area contributed by atoms with Gasteiger partial charge in [-0.05, 0) is 50.8 Å². The first-order valence-corrected chi connectivity index (χ1v) is 9.01. The number of hydrogen-bond acceptors (Lipinski definition) is 3. The largest absolute Gasteiger partial charge is 0.357 e. The van der Waals surface area contributed by atoms with Crippen LogP contribution in [0.2, 0.25) is 0 Å². The first-order chi connectivity index (χ1) is 11.3. The number of guanidine groups is 1. The Balaban J connectivity index is 1.42. The number of nitrogens with one attached hydrogen (secondary N) is 2. The molecule has 1 aliphatic carbocycles. The molecule has 23 heavy (non-hydrogen) atoms. The molecule has 2 aliphatic rings. The Morgan fingerprint density at radius 1 is 1.30 bits per heavy atom. The van der Waals surface area contributed by atoms with E-state index in [1.807, 2.05) is 18.3 Å². The van der Waals surface area contributed by atoms with Crippen molar-refractivity contribution in [2.75, 3.05) is 32.7 Å². The molecule has 2 fully saturated rings. The summed E-state index contributed by atoms with van der Waals surface area (Å²) in [5, 5.41) is 6.77. The number of pyridine rings is 1. The van der Waals surface area contributed by atoms with E-state index in [-0.39, 0.29) is 0 Å². The molecule has 0 amide bonds. The molecule has 0 aromatic carbocycles. The van der Waals surface area contributed by atoms with Crippen LogP contribution in [0.4, 0.5) is 0 Å². The molecule has 5 nitrogen and oxygen atoms in total. The number of nitrogens with zero attached hydrogens (tertiary/aromatic N) is 3. The molecule has 126 valence electrons. The number of hydrogen-bond donors (Lipinski definition) is 2. The molecule has 0 bridgehead atoms. The summed E-state index contributed by atoms with van der Waals surface area (Å²) in [6.45, 7) is 7.31. The highest BCUT2D eigenvalue weighted by Crippen LogP contribution is 2.31. The minimum atomic E-state index is 0.724. The van der Waals surface area contributed by atoms with Crippen molar-refractivity contribution in [1.82, 2.24) is 20.5 Å². The van der Waals surface area contributed by atoms with Crippen LogP contribution in [0.5, 0.6) is 0 Å². The van der Waals surface area contributed by atoms with Crippen molar-refractivity contribution in [3.05, 3.63) is 30.1 Å². The van der Waals surface area contributed by atoms with Crippen LogP contribution in [0.1, 0.15) is 31.9 Å².